The van der Waals surface area contributed by atoms with Gasteiger partial charge in [-0.1, -0.05) is 18.2 Å². The van der Waals surface area contributed by atoms with Gasteiger partial charge in [-0.3, -0.25) is 14.3 Å². The van der Waals surface area contributed by atoms with Crippen LogP contribution in [0, 0.1) is 0 Å². The second-order valence-electron chi connectivity index (χ2n) is 8.22. The van der Waals surface area contributed by atoms with Crippen molar-refractivity contribution in [3.05, 3.63) is 75.5 Å². The maximum atomic E-state index is 13.0. The lowest BCUT2D eigenvalue weighted by atomic mass is 10.00. The molecule has 2 aliphatic heterocycles. The molecule has 2 aromatic carbocycles. The summed E-state index contributed by atoms with van der Waals surface area (Å²) in [4.78, 5) is 27.3. The number of carbonyl (C=O) groups excluding carboxylic acids is 2. The molecule has 33 heavy (non-hydrogen) atoms. The SMILES string of the molecule is O=C(Cc1ccc(NS(=O)(=O)c2cc3c4c(c2)CCN4C(=O)CC3)cc1)NCc1cccs1. The first-order chi connectivity index (χ1) is 15.9. The fourth-order valence-corrected chi connectivity index (χ4v) is 6.14. The van der Waals surface area contributed by atoms with Crippen LogP contribution in [0.2, 0.25) is 0 Å². The standard InChI is InChI=1S/C24H23N3O4S2/c28-22(25-15-20-2-1-11-32-20)12-16-3-6-19(7-4-16)26-33(30,31)21-13-17-5-8-23(29)27-10-9-18(14-21)24(17)27/h1-4,6-7,11,13-14,26H,5,8-10,12,15H2,(H,25,28). The van der Waals surface area contributed by atoms with Gasteiger partial charge in [0.05, 0.1) is 23.5 Å². The van der Waals surface area contributed by atoms with Crippen LogP contribution in [0.1, 0.15) is 28.0 Å². The van der Waals surface area contributed by atoms with Gasteiger partial charge in [0.2, 0.25) is 11.8 Å². The molecule has 0 aliphatic carbocycles. The first-order valence-corrected chi connectivity index (χ1v) is 13.1. The highest BCUT2D eigenvalue weighted by Crippen LogP contribution is 2.38. The van der Waals surface area contributed by atoms with Gasteiger partial charge >= 0.3 is 0 Å². The van der Waals surface area contributed by atoms with Crippen molar-refractivity contribution >= 4 is 44.5 Å². The molecule has 0 fully saturated rings. The molecular weight excluding hydrogens is 458 g/mol. The average molecular weight is 482 g/mol. The Kier molecular flexibility index (Phi) is 5.67. The van der Waals surface area contributed by atoms with E-state index in [1.165, 1.54) is 0 Å². The van der Waals surface area contributed by atoms with Crippen LogP contribution in [-0.4, -0.2) is 26.8 Å². The molecule has 2 N–H and O–H groups in total. The van der Waals surface area contributed by atoms with Gasteiger partial charge in [0, 0.05) is 23.5 Å². The molecule has 0 radical (unpaired) electrons. The molecule has 5 rings (SSSR count). The van der Waals surface area contributed by atoms with Crippen molar-refractivity contribution in [2.24, 2.45) is 0 Å². The van der Waals surface area contributed by atoms with Crippen LogP contribution in [0.3, 0.4) is 0 Å². The third-order valence-corrected chi connectivity index (χ3v) is 8.18. The average Bonchev–Trinajstić information content (AvgIpc) is 3.47. The van der Waals surface area contributed by atoms with E-state index in [9.17, 15) is 18.0 Å². The Balaban J connectivity index is 1.26. The van der Waals surface area contributed by atoms with E-state index in [4.69, 9.17) is 0 Å². The van der Waals surface area contributed by atoms with Crippen LogP contribution in [0.15, 0.2) is 58.8 Å². The van der Waals surface area contributed by atoms with Crippen molar-refractivity contribution in [1.29, 1.82) is 0 Å². The van der Waals surface area contributed by atoms with Gasteiger partial charge in [0.1, 0.15) is 0 Å². The monoisotopic (exact) mass is 481 g/mol. The second kappa shape index (κ2) is 8.64. The lowest BCUT2D eigenvalue weighted by molar-refractivity contribution is -0.120. The van der Waals surface area contributed by atoms with Crippen molar-refractivity contribution < 1.29 is 18.0 Å². The normalized spacial score (nSPS) is 14.8. The molecule has 3 aromatic rings. The van der Waals surface area contributed by atoms with E-state index in [2.05, 4.69) is 10.0 Å². The number of thiophene rings is 1. The number of nitrogens with one attached hydrogen (secondary N) is 2. The Hall–Kier alpha value is -3.17. The number of hydrogen-bond acceptors (Lipinski definition) is 5. The minimum Gasteiger partial charge on any atom is -0.351 e. The van der Waals surface area contributed by atoms with E-state index < -0.39 is 10.0 Å². The van der Waals surface area contributed by atoms with Crippen molar-refractivity contribution in [3.8, 4) is 0 Å². The first-order valence-electron chi connectivity index (χ1n) is 10.8. The summed E-state index contributed by atoms with van der Waals surface area (Å²) >= 11 is 1.59. The number of benzene rings is 2. The van der Waals surface area contributed by atoms with Crippen molar-refractivity contribution in [3.63, 3.8) is 0 Å². The van der Waals surface area contributed by atoms with Crippen molar-refractivity contribution in [2.75, 3.05) is 16.2 Å². The molecule has 0 saturated heterocycles. The molecule has 9 heteroatoms. The minimum atomic E-state index is -3.78. The number of amides is 2. The fraction of sp³-hybridized carbons (Fsp3) is 0.250. The predicted octanol–water partition coefficient (Wildman–Crippen LogP) is 3.24. The van der Waals surface area contributed by atoms with E-state index in [0.717, 1.165) is 27.3 Å². The van der Waals surface area contributed by atoms with E-state index in [1.807, 2.05) is 17.5 Å². The molecule has 7 nitrogen and oxygen atoms in total. The van der Waals surface area contributed by atoms with Gasteiger partial charge in [-0.25, -0.2) is 8.42 Å². The third-order valence-electron chi connectivity index (χ3n) is 5.95. The first kappa shape index (κ1) is 21.7. The Labute approximate surface area is 196 Å². The summed E-state index contributed by atoms with van der Waals surface area (Å²) in [5.74, 6) is 0.0200. The maximum absolute atomic E-state index is 13.0. The zero-order valence-electron chi connectivity index (χ0n) is 17.8. The van der Waals surface area contributed by atoms with Gasteiger partial charge in [-0.05, 0) is 65.2 Å². The molecule has 0 saturated carbocycles. The molecule has 0 bridgehead atoms. The highest BCUT2D eigenvalue weighted by molar-refractivity contribution is 7.92. The van der Waals surface area contributed by atoms with Gasteiger partial charge in [0.15, 0.2) is 0 Å². The van der Waals surface area contributed by atoms with E-state index in [0.29, 0.717) is 38.0 Å². The lowest BCUT2D eigenvalue weighted by Crippen LogP contribution is -2.33. The minimum absolute atomic E-state index is 0.0867. The number of nitrogens with zero attached hydrogens (tertiary/aromatic N) is 1. The smallest absolute Gasteiger partial charge is 0.261 e. The van der Waals surface area contributed by atoms with Gasteiger partial charge in [-0.15, -0.1) is 11.3 Å². The van der Waals surface area contributed by atoms with Crippen LogP contribution in [0.4, 0.5) is 11.4 Å². The van der Waals surface area contributed by atoms with Crippen LogP contribution < -0.4 is 14.9 Å². The predicted molar refractivity (Wildman–Crippen MR) is 128 cm³/mol. The van der Waals surface area contributed by atoms with E-state index >= 15 is 0 Å². The van der Waals surface area contributed by atoms with Crippen LogP contribution in [-0.2, 0) is 45.4 Å². The molecule has 2 aliphatic rings. The quantitative estimate of drug-likeness (QED) is 0.542. The zero-order valence-corrected chi connectivity index (χ0v) is 19.5. The molecule has 3 heterocycles. The molecule has 0 atom stereocenters. The Morgan fingerprint density at radius 1 is 1.03 bits per heavy atom. The molecule has 170 valence electrons. The summed E-state index contributed by atoms with van der Waals surface area (Å²) in [7, 11) is -3.78. The van der Waals surface area contributed by atoms with Crippen LogP contribution in [0.5, 0.6) is 0 Å². The highest BCUT2D eigenvalue weighted by atomic mass is 32.2. The molecule has 1 aromatic heterocycles. The number of rotatable bonds is 7. The molecule has 0 spiro atoms. The Morgan fingerprint density at radius 3 is 2.52 bits per heavy atom. The highest BCUT2D eigenvalue weighted by Gasteiger charge is 2.32. The molecule has 0 unspecified atom stereocenters. The second-order valence-corrected chi connectivity index (χ2v) is 10.9. The summed E-state index contributed by atoms with van der Waals surface area (Å²) in [5, 5.41) is 4.85. The maximum Gasteiger partial charge on any atom is 0.261 e. The van der Waals surface area contributed by atoms with Crippen LogP contribution in [0.25, 0.3) is 0 Å². The summed E-state index contributed by atoms with van der Waals surface area (Å²) in [6, 6.07) is 14.1. The number of anilines is 2. The lowest BCUT2D eigenvalue weighted by Gasteiger charge is -2.25. The van der Waals surface area contributed by atoms with E-state index in [-0.39, 0.29) is 23.1 Å². The number of carbonyl (C=O) groups is 2. The third kappa shape index (κ3) is 4.51. The number of aryl methyl sites for hydroxylation is 1. The molecule has 2 amide bonds. The number of hydrogen-bond donors (Lipinski definition) is 2. The van der Waals surface area contributed by atoms with Gasteiger partial charge < -0.3 is 10.2 Å². The number of sulfonamides is 1. The summed E-state index contributed by atoms with van der Waals surface area (Å²) in [6.45, 7) is 1.11. The Bertz CT molecular complexity index is 1320. The summed E-state index contributed by atoms with van der Waals surface area (Å²) in [5.41, 5.74) is 3.95. The zero-order chi connectivity index (χ0) is 23.0. The van der Waals surface area contributed by atoms with Crippen molar-refractivity contribution in [1.82, 2.24) is 5.32 Å². The van der Waals surface area contributed by atoms with Crippen molar-refractivity contribution in [2.45, 2.75) is 37.1 Å². The topological polar surface area (TPSA) is 95.6 Å². The Morgan fingerprint density at radius 2 is 1.79 bits per heavy atom. The fourth-order valence-electron chi connectivity index (χ4n) is 4.33. The van der Waals surface area contributed by atoms with Gasteiger partial charge in [0.25, 0.3) is 10.0 Å². The summed E-state index contributed by atoms with van der Waals surface area (Å²) in [6.07, 6.45) is 1.86. The van der Waals surface area contributed by atoms with E-state index in [1.54, 1.807) is 52.6 Å². The van der Waals surface area contributed by atoms with Gasteiger partial charge in [-0.2, -0.15) is 0 Å². The van der Waals surface area contributed by atoms with Crippen LogP contribution >= 0.6 is 11.3 Å². The largest absolute Gasteiger partial charge is 0.351 e. The summed E-state index contributed by atoms with van der Waals surface area (Å²) < 4.78 is 28.7. The molecular formula is C24H23N3O4S2.